The summed E-state index contributed by atoms with van der Waals surface area (Å²) in [5.41, 5.74) is 2.89. The third-order valence-electron chi connectivity index (χ3n) is 5.56. The second-order valence-electron chi connectivity index (χ2n) is 7.45. The van der Waals surface area contributed by atoms with Crippen LogP contribution < -0.4 is 10.9 Å². The van der Waals surface area contributed by atoms with E-state index in [1.54, 1.807) is 18.2 Å². The third-order valence-corrected chi connectivity index (χ3v) is 6.45. The summed E-state index contributed by atoms with van der Waals surface area (Å²) in [5, 5.41) is 1.11. The number of aromatic amines is 2. The molecule has 0 aliphatic rings. The molecule has 0 aliphatic carbocycles. The highest BCUT2D eigenvalue weighted by molar-refractivity contribution is 7.86. The SMILES string of the molecule is Cc1ccc(C)c2c(=O)c3cc4[nH]c5cccc(S(=O)(=O)O)c5c(=O)c4cc3[nH]c12. The van der Waals surface area contributed by atoms with E-state index in [-0.39, 0.29) is 21.7 Å². The first-order chi connectivity index (χ1) is 14.2. The first-order valence-corrected chi connectivity index (χ1v) is 10.6. The maximum Gasteiger partial charge on any atom is 0.295 e. The molecule has 5 aromatic rings. The van der Waals surface area contributed by atoms with E-state index in [9.17, 15) is 22.6 Å². The highest BCUT2D eigenvalue weighted by Gasteiger charge is 2.19. The van der Waals surface area contributed by atoms with Crippen molar-refractivity contribution in [3.63, 3.8) is 0 Å². The van der Waals surface area contributed by atoms with Crippen molar-refractivity contribution < 1.29 is 13.0 Å². The predicted molar refractivity (Wildman–Crippen MR) is 117 cm³/mol. The van der Waals surface area contributed by atoms with Gasteiger partial charge in [0.2, 0.25) is 0 Å². The van der Waals surface area contributed by atoms with Crippen molar-refractivity contribution in [2.75, 3.05) is 0 Å². The number of aromatic nitrogens is 2. The zero-order chi connectivity index (χ0) is 21.4. The summed E-state index contributed by atoms with van der Waals surface area (Å²) in [6.07, 6.45) is 0. The van der Waals surface area contributed by atoms with Gasteiger partial charge in [0.05, 0.1) is 27.5 Å². The molecule has 30 heavy (non-hydrogen) atoms. The van der Waals surface area contributed by atoms with Crippen molar-refractivity contribution in [1.82, 2.24) is 9.97 Å². The lowest BCUT2D eigenvalue weighted by Gasteiger charge is -2.10. The topological polar surface area (TPSA) is 120 Å². The fourth-order valence-electron chi connectivity index (χ4n) is 4.08. The number of nitrogens with one attached hydrogen (secondary N) is 2. The Hall–Kier alpha value is -3.49. The standard InChI is InChI=1S/C22H16N2O5S/c1-10-6-7-11(2)20-18(10)21(25)13-8-15-12(9-16(13)24-20)22(26)19-14(23-15)4-3-5-17(19)30(27,28)29/h3-9H,1-2H3,(H,23,26)(H,24,25)(H,27,28,29). The van der Waals surface area contributed by atoms with E-state index in [0.717, 1.165) is 11.1 Å². The first-order valence-electron chi connectivity index (χ1n) is 9.19. The summed E-state index contributed by atoms with van der Waals surface area (Å²) in [7, 11) is -4.59. The van der Waals surface area contributed by atoms with Crippen LogP contribution in [0, 0.1) is 13.8 Å². The van der Waals surface area contributed by atoms with Crippen LogP contribution in [-0.4, -0.2) is 22.9 Å². The van der Waals surface area contributed by atoms with E-state index in [1.165, 1.54) is 12.1 Å². The molecule has 2 aromatic heterocycles. The molecule has 0 aliphatic heterocycles. The summed E-state index contributed by atoms with van der Waals surface area (Å²) < 4.78 is 33.1. The maximum atomic E-state index is 13.2. The predicted octanol–water partition coefficient (Wildman–Crippen LogP) is 3.54. The van der Waals surface area contributed by atoms with Gasteiger partial charge >= 0.3 is 0 Å². The van der Waals surface area contributed by atoms with Crippen molar-refractivity contribution in [2.24, 2.45) is 0 Å². The van der Waals surface area contributed by atoms with Gasteiger partial charge in [0.1, 0.15) is 4.90 Å². The molecular formula is C22H16N2O5S. The van der Waals surface area contributed by atoms with Gasteiger partial charge in [-0.2, -0.15) is 8.42 Å². The Kier molecular flexibility index (Phi) is 3.71. The van der Waals surface area contributed by atoms with Crippen LogP contribution in [0.15, 0.2) is 56.9 Å². The molecule has 7 nitrogen and oxygen atoms in total. The van der Waals surface area contributed by atoms with Crippen molar-refractivity contribution in [1.29, 1.82) is 0 Å². The Morgan fingerprint density at radius 3 is 2.03 bits per heavy atom. The quantitative estimate of drug-likeness (QED) is 0.283. The summed E-state index contributed by atoms with van der Waals surface area (Å²) in [6.45, 7) is 3.76. The maximum absolute atomic E-state index is 13.2. The van der Waals surface area contributed by atoms with Crippen LogP contribution >= 0.6 is 0 Å². The van der Waals surface area contributed by atoms with Crippen LogP contribution in [0.4, 0.5) is 0 Å². The van der Waals surface area contributed by atoms with Gasteiger partial charge in [-0.15, -0.1) is 0 Å². The number of benzene rings is 3. The van der Waals surface area contributed by atoms with Crippen LogP contribution in [0.3, 0.4) is 0 Å². The number of hydrogen-bond acceptors (Lipinski definition) is 4. The highest BCUT2D eigenvalue weighted by Crippen LogP contribution is 2.26. The normalized spacial score (nSPS) is 12.4. The number of H-pyrrole nitrogens is 2. The Bertz CT molecular complexity index is 1780. The molecule has 0 atom stereocenters. The average molecular weight is 420 g/mol. The summed E-state index contributed by atoms with van der Waals surface area (Å²) in [6, 6.07) is 11.1. The molecule has 5 rings (SSSR count). The number of hydrogen-bond donors (Lipinski definition) is 3. The second kappa shape index (κ2) is 6.01. The van der Waals surface area contributed by atoms with Crippen LogP contribution in [0.2, 0.25) is 0 Å². The van der Waals surface area contributed by atoms with Crippen molar-refractivity contribution >= 4 is 53.7 Å². The van der Waals surface area contributed by atoms with Crippen molar-refractivity contribution in [3.05, 3.63) is 74.0 Å². The fourth-order valence-corrected chi connectivity index (χ4v) is 4.79. The Morgan fingerprint density at radius 1 is 0.767 bits per heavy atom. The second-order valence-corrected chi connectivity index (χ2v) is 8.84. The van der Waals surface area contributed by atoms with Crippen LogP contribution in [0.1, 0.15) is 11.1 Å². The zero-order valence-corrected chi connectivity index (χ0v) is 16.8. The van der Waals surface area contributed by atoms with Gasteiger partial charge in [0, 0.05) is 16.2 Å². The highest BCUT2D eigenvalue weighted by atomic mass is 32.2. The number of aryl methyl sites for hydroxylation is 2. The Morgan fingerprint density at radius 2 is 1.37 bits per heavy atom. The summed E-state index contributed by atoms with van der Waals surface area (Å²) in [5.74, 6) is 0. The molecule has 0 bridgehead atoms. The lowest BCUT2D eigenvalue weighted by Crippen LogP contribution is -2.12. The van der Waals surface area contributed by atoms with Gasteiger partial charge in [-0.25, -0.2) is 0 Å². The summed E-state index contributed by atoms with van der Waals surface area (Å²) >= 11 is 0. The minimum absolute atomic E-state index is 0.123. The van der Waals surface area contributed by atoms with Crippen LogP contribution in [0.25, 0.3) is 43.6 Å². The number of pyridine rings is 2. The molecule has 0 unspecified atom stereocenters. The monoisotopic (exact) mass is 420 g/mol. The van der Waals surface area contributed by atoms with E-state index in [0.29, 0.717) is 27.3 Å². The Balaban J connectivity index is 2.03. The van der Waals surface area contributed by atoms with Crippen LogP contribution in [0.5, 0.6) is 0 Å². The largest absolute Gasteiger partial charge is 0.354 e. The molecule has 8 heteroatoms. The fraction of sp³-hybridized carbons (Fsp3) is 0.0909. The van der Waals surface area contributed by atoms with Gasteiger partial charge < -0.3 is 9.97 Å². The summed E-state index contributed by atoms with van der Waals surface area (Å²) in [4.78, 5) is 32.2. The Labute approximate surface area is 169 Å². The van der Waals surface area contributed by atoms with E-state index >= 15 is 0 Å². The molecule has 0 radical (unpaired) electrons. The van der Waals surface area contributed by atoms with E-state index < -0.39 is 20.4 Å². The first kappa shape index (κ1) is 18.5. The molecule has 0 saturated carbocycles. The average Bonchev–Trinajstić information content (AvgIpc) is 2.69. The molecule has 0 fully saturated rings. The lowest BCUT2D eigenvalue weighted by molar-refractivity contribution is 0.484. The molecule has 0 amide bonds. The number of rotatable bonds is 1. The molecule has 3 aromatic carbocycles. The number of fused-ring (bicyclic) bond motifs is 4. The molecular weight excluding hydrogens is 404 g/mol. The minimum atomic E-state index is -4.59. The molecule has 0 spiro atoms. The van der Waals surface area contributed by atoms with E-state index in [1.807, 2.05) is 26.0 Å². The molecule has 150 valence electrons. The molecule has 0 saturated heterocycles. The minimum Gasteiger partial charge on any atom is -0.354 e. The third kappa shape index (κ3) is 2.51. The van der Waals surface area contributed by atoms with Crippen molar-refractivity contribution in [3.8, 4) is 0 Å². The molecule has 3 N–H and O–H groups in total. The van der Waals surface area contributed by atoms with Gasteiger partial charge in [0.25, 0.3) is 10.1 Å². The smallest absolute Gasteiger partial charge is 0.295 e. The van der Waals surface area contributed by atoms with Crippen molar-refractivity contribution in [2.45, 2.75) is 18.7 Å². The van der Waals surface area contributed by atoms with Crippen LogP contribution in [-0.2, 0) is 10.1 Å². The van der Waals surface area contributed by atoms with Gasteiger partial charge in [-0.05, 0) is 49.2 Å². The lowest BCUT2D eigenvalue weighted by atomic mass is 10.0. The van der Waals surface area contributed by atoms with Gasteiger partial charge in [-0.1, -0.05) is 18.2 Å². The van der Waals surface area contributed by atoms with Gasteiger partial charge in [-0.3, -0.25) is 14.1 Å². The van der Waals surface area contributed by atoms with Gasteiger partial charge in [0.15, 0.2) is 10.9 Å². The molecule has 2 heterocycles. The zero-order valence-electron chi connectivity index (χ0n) is 16.0. The van der Waals surface area contributed by atoms with E-state index in [2.05, 4.69) is 9.97 Å². The van der Waals surface area contributed by atoms with E-state index in [4.69, 9.17) is 0 Å².